The highest BCUT2D eigenvalue weighted by atomic mass is 16.5. The molecule has 5 aromatic rings. The summed E-state index contributed by atoms with van der Waals surface area (Å²) >= 11 is 0. The Balaban J connectivity index is 0.995. The van der Waals surface area contributed by atoms with E-state index < -0.39 is 0 Å². The van der Waals surface area contributed by atoms with E-state index in [1.54, 1.807) is 45.6 Å². The van der Waals surface area contributed by atoms with Crippen molar-refractivity contribution >= 4 is 58.5 Å². The number of ether oxygens (including phenoxy) is 7. The van der Waals surface area contributed by atoms with Crippen LogP contribution in [0.3, 0.4) is 0 Å². The second-order valence-corrected chi connectivity index (χ2v) is 18.3. The number of benzene rings is 5. The molecule has 0 spiro atoms. The minimum Gasteiger partial charge on any atom is -0.493 e. The second kappa shape index (κ2) is 22.3. The zero-order valence-corrected chi connectivity index (χ0v) is 41.1. The van der Waals surface area contributed by atoms with Crippen molar-refractivity contribution in [3.05, 3.63) is 124 Å². The van der Waals surface area contributed by atoms with Crippen LogP contribution in [0.25, 0.3) is 0 Å². The highest BCUT2D eigenvalue weighted by Crippen LogP contribution is 2.43. The molecule has 0 N–H and O–H groups in total. The van der Waals surface area contributed by atoms with Gasteiger partial charge in [0.05, 0.1) is 81.8 Å². The van der Waals surface area contributed by atoms with Crippen LogP contribution in [0.1, 0.15) is 69.7 Å². The quantitative estimate of drug-likeness (QED) is 0.0578. The fourth-order valence-corrected chi connectivity index (χ4v) is 9.53. The molecule has 0 radical (unpaired) electrons. The summed E-state index contributed by atoms with van der Waals surface area (Å²) in [5, 5.41) is 0. The van der Waals surface area contributed by atoms with Crippen LogP contribution in [0.5, 0.6) is 23.0 Å². The van der Waals surface area contributed by atoms with Crippen molar-refractivity contribution in [1.29, 1.82) is 0 Å². The highest BCUT2D eigenvalue weighted by Gasteiger charge is 2.38. The lowest BCUT2D eigenvalue weighted by Crippen LogP contribution is -2.37. The number of aliphatic imine (C=N–C) groups is 2. The molecule has 4 aliphatic heterocycles. The molecule has 71 heavy (non-hydrogen) atoms. The predicted octanol–water partition coefficient (Wildman–Crippen LogP) is 8.93. The Morgan fingerprint density at radius 3 is 1.65 bits per heavy atom. The summed E-state index contributed by atoms with van der Waals surface area (Å²) in [6.45, 7) is 7.53. The Morgan fingerprint density at radius 1 is 0.634 bits per heavy atom. The number of methoxy groups -OCH3 is 3. The van der Waals surface area contributed by atoms with Gasteiger partial charge in [0.1, 0.15) is 19.0 Å². The number of Topliss-reactive ketones (excluding diaryl/α,β-unsaturated/α-hetero) is 1. The monoisotopic (exact) mass is 963 g/mol. The topological polar surface area (TPSA) is 150 Å². The molecule has 0 aliphatic carbocycles. The predicted molar refractivity (Wildman–Crippen MR) is 274 cm³/mol. The van der Waals surface area contributed by atoms with E-state index in [9.17, 15) is 14.4 Å². The Morgan fingerprint density at radius 2 is 1.14 bits per heavy atom. The van der Waals surface area contributed by atoms with E-state index in [1.807, 2.05) is 90.7 Å². The lowest BCUT2D eigenvalue weighted by molar-refractivity contribution is -0.121. The summed E-state index contributed by atoms with van der Waals surface area (Å²) in [4.78, 5) is 56.5. The van der Waals surface area contributed by atoms with E-state index >= 15 is 0 Å². The molecule has 0 bridgehead atoms. The SMILES string of the molecule is COCCOCCOCCN(CCCC(=O)C(C)C)c1cc(COc2cc3c(cc2OC)C(=O)N2c4ccccc4C[C@H]2C=N3)cc(COc2cc3c(cc2OC)C(=O)N2c4ccccc4C[C@H]2C=N3)c1. The van der Waals surface area contributed by atoms with Crippen LogP contribution in [-0.4, -0.2) is 110 Å². The molecule has 2 amide bonds. The van der Waals surface area contributed by atoms with Crippen LogP contribution >= 0.6 is 0 Å². The van der Waals surface area contributed by atoms with Crippen LogP contribution in [0, 0.1) is 5.92 Å². The molecule has 370 valence electrons. The Kier molecular flexibility index (Phi) is 15.4. The fraction of sp³-hybridized carbons (Fsp3) is 0.375. The molecule has 2 atom stereocenters. The standard InChI is InChI=1S/C56H61N5O10/c1-36(2)50(62)15-10-16-59(17-18-68-21-22-69-20-19-65-3)41-24-37(34-70-53-30-46-44(28-51(53)66-4)55(63)60-42(32-57-46)26-39-11-6-8-13-48(39)60)23-38(25-41)35-71-54-31-47-45(29-52(54)67-5)56(64)61-43(33-58-47)27-40-12-7-9-14-49(40)61/h6-9,11-14,23-25,28-33,36,42-43H,10,15-22,26-27,34-35H2,1-5H3/t42-,43-/m0/s1. The Hall–Kier alpha value is -7.07. The van der Waals surface area contributed by atoms with Crippen LogP contribution < -0.4 is 33.6 Å². The molecule has 4 heterocycles. The van der Waals surface area contributed by atoms with E-state index in [0.717, 1.165) is 39.3 Å². The lowest BCUT2D eigenvalue weighted by Gasteiger charge is -2.26. The molecular weight excluding hydrogens is 903 g/mol. The third-order valence-electron chi connectivity index (χ3n) is 13.3. The van der Waals surface area contributed by atoms with E-state index in [2.05, 4.69) is 17.0 Å². The van der Waals surface area contributed by atoms with Gasteiger partial charge in [0, 0.05) is 87.0 Å². The number of rotatable bonds is 23. The molecule has 0 fully saturated rings. The first-order valence-electron chi connectivity index (χ1n) is 24.3. The number of amides is 2. The van der Waals surface area contributed by atoms with E-state index in [-0.39, 0.29) is 48.8 Å². The number of carbonyl (C=O) groups is 3. The number of ketones is 1. The summed E-state index contributed by atoms with van der Waals surface area (Å²) in [5.74, 6) is 1.52. The van der Waals surface area contributed by atoms with Gasteiger partial charge in [-0.15, -0.1) is 0 Å². The average molecular weight is 964 g/mol. The number of hydrogen-bond donors (Lipinski definition) is 0. The maximum atomic E-state index is 14.1. The van der Waals surface area contributed by atoms with Crippen molar-refractivity contribution in [3.8, 4) is 23.0 Å². The van der Waals surface area contributed by atoms with Gasteiger partial charge in [-0.3, -0.25) is 34.2 Å². The van der Waals surface area contributed by atoms with Crippen molar-refractivity contribution < 1.29 is 47.5 Å². The first-order chi connectivity index (χ1) is 34.6. The lowest BCUT2D eigenvalue weighted by atomic mass is 10.0. The zero-order chi connectivity index (χ0) is 49.4. The van der Waals surface area contributed by atoms with E-state index in [1.165, 1.54) is 0 Å². The third-order valence-corrected chi connectivity index (χ3v) is 13.3. The van der Waals surface area contributed by atoms with Gasteiger partial charge in [0.25, 0.3) is 11.8 Å². The van der Waals surface area contributed by atoms with Crippen LogP contribution in [0.2, 0.25) is 0 Å². The average Bonchev–Trinajstić information content (AvgIpc) is 3.88. The molecular formula is C56H61N5O10. The minimum absolute atomic E-state index is 0.0561. The van der Waals surface area contributed by atoms with Crippen LogP contribution in [-0.2, 0) is 45.1 Å². The zero-order valence-electron chi connectivity index (χ0n) is 41.1. The number of para-hydroxylation sites is 2. The van der Waals surface area contributed by atoms with Crippen molar-refractivity contribution in [1.82, 2.24) is 0 Å². The van der Waals surface area contributed by atoms with Gasteiger partial charge in [-0.1, -0.05) is 50.2 Å². The molecule has 5 aromatic carbocycles. The number of nitrogens with zero attached hydrogens (tertiary/aromatic N) is 5. The maximum Gasteiger partial charge on any atom is 0.261 e. The molecule has 0 aromatic heterocycles. The van der Waals surface area contributed by atoms with Gasteiger partial charge in [0.2, 0.25) is 0 Å². The molecule has 4 aliphatic rings. The van der Waals surface area contributed by atoms with Gasteiger partial charge < -0.3 is 38.1 Å². The summed E-state index contributed by atoms with van der Waals surface area (Å²) < 4.78 is 41.6. The summed E-state index contributed by atoms with van der Waals surface area (Å²) in [6.07, 6.45) is 6.14. The fourth-order valence-electron chi connectivity index (χ4n) is 9.53. The first kappa shape index (κ1) is 48.9. The van der Waals surface area contributed by atoms with E-state index in [4.69, 9.17) is 43.1 Å². The summed E-state index contributed by atoms with van der Waals surface area (Å²) in [5.41, 5.74) is 8.37. The van der Waals surface area contributed by atoms with Crippen LogP contribution in [0.15, 0.2) is 101 Å². The second-order valence-electron chi connectivity index (χ2n) is 18.3. The summed E-state index contributed by atoms with van der Waals surface area (Å²) in [6, 6.07) is 28.6. The van der Waals surface area contributed by atoms with Gasteiger partial charge in [0.15, 0.2) is 23.0 Å². The van der Waals surface area contributed by atoms with Gasteiger partial charge in [-0.05, 0) is 71.1 Å². The van der Waals surface area contributed by atoms with Gasteiger partial charge in [-0.2, -0.15) is 0 Å². The van der Waals surface area contributed by atoms with Crippen molar-refractivity contribution in [3.63, 3.8) is 0 Å². The molecule has 15 nitrogen and oxygen atoms in total. The maximum absolute atomic E-state index is 14.1. The molecule has 0 saturated carbocycles. The number of carbonyl (C=O) groups excluding carboxylic acids is 3. The Labute approximate surface area is 414 Å². The number of anilines is 3. The number of hydrogen-bond acceptors (Lipinski definition) is 13. The summed E-state index contributed by atoms with van der Waals surface area (Å²) in [7, 11) is 4.75. The molecule has 0 unspecified atom stereocenters. The van der Waals surface area contributed by atoms with Gasteiger partial charge in [-0.25, -0.2) is 0 Å². The van der Waals surface area contributed by atoms with Crippen molar-refractivity contribution in [2.45, 2.75) is 64.8 Å². The molecule has 0 saturated heterocycles. The molecule has 9 rings (SSSR count). The minimum atomic E-state index is -0.200. The van der Waals surface area contributed by atoms with Gasteiger partial charge >= 0.3 is 0 Å². The highest BCUT2D eigenvalue weighted by molar-refractivity contribution is 6.16. The largest absolute Gasteiger partial charge is 0.493 e. The van der Waals surface area contributed by atoms with Crippen LogP contribution in [0.4, 0.5) is 28.4 Å². The smallest absolute Gasteiger partial charge is 0.261 e. The van der Waals surface area contributed by atoms with Crippen molar-refractivity contribution in [2.75, 3.05) is 82.2 Å². The molecule has 15 heteroatoms. The van der Waals surface area contributed by atoms with Crippen molar-refractivity contribution in [2.24, 2.45) is 15.9 Å². The normalized spacial score (nSPS) is 16.1. The van der Waals surface area contributed by atoms with E-state index in [0.29, 0.717) is 117 Å². The third kappa shape index (κ3) is 10.8. The number of fused-ring (bicyclic) bond motifs is 8. The Bertz CT molecular complexity index is 2670. The first-order valence-corrected chi connectivity index (χ1v) is 24.3.